The Labute approximate surface area is 223 Å². The van der Waals surface area contributed by atoms with Crippen LogP contribution in [0.15, 0.2) is 83.6 Å². The Kier molecular flexibility index (Phi) is 6.55. The lowest BCUT2D eigenvalue weighted by Gasteiger charge is -2.28. The molecule has 6 rings (SSSR count). The van der Waals surface area contributed by atoms with E-state index in [4.69, 9.17) is 0 Å². The molecule has 0 saturated carbocycles. The fraction of sp³-hybridized carbons (Fsp3) is 0.179. The average Bonchev–Trinajstić information content (AvgIpc) is 3.59. The third kappa shape index (κ3) is 4.80. The number of thioether (sulfide) groups is 1. The standard InChI is InChI=1S/C28H24N6OS2/c1-19-7-2-5-11-24(19)34-26(21-10-6-13-29-15-21)31-32-28(34)37-18-25-30-23(17-36-25)27(35)33-14-12-20-8-3-4-9-22(20)16-33/h2-11,13,15,17H,12,14,16,18H2,1H3. The summed E-state index contributed by atoms with van der Waals surface area (Å²) < 4.78 is 2.07. The van der Waals surface area contributed by atoms with Gasteiger partial charge in [-0.1, -0.05) is 54.2 Å². The van der Waals surface area contributed by atoms with Crippen LogP contribution in [-0.4, -0.2) is 42.1 Å². The van der Waals surface area contributed by atoms with Crippen molar-refractivity contribution in [2.24, 2.45) is 0 Å². The molecule has 2 aromatic carbocycles. The van der Waals surface area contributed by atoms with Crippen LogP contribution < -0.4 is 0 Å². The fourth-order valence-electron chi connectivity index (χ4n) is 4.51. The molecule has 1 amide bonds. The zero-order valence-corrected chi connectivity index (χ0v) is 21.9. The van der Waals surface area contributed by atoms with E-state index >= 15 is 0 Å². The number of aromatic nitrogens is 5. The quantitative estimate of drug-likeness (QED) is 0.270. The molecule has 0 bridgehead atoms. The second kappa shape index (κ2) is 10.3. The van der Waals surface area contributed by atoms with E-state index in [-0.39, 0.29) is 5.91 Å². The number of fused-ring (bicyclic) bond motifs is 1. The van der Waals surface area contributed by atoms with Crippen molar-refractivity contribution in [3.05, 3.63) is 106 Å². The number of carbonyl (C=O) groups is 1. The van der Waals surface area contributed by atoms with Crippen LogP contribution in [0, 0.1) is 6.92 Å². The Bertz CT molecular complexity index is 1560. The van der Waals surface area contributed by atoms with Gasteiger partial charge in [0, 0.05) is 36.4 Å². The van der Waals surface area contributed by atoms with E-state index < -0.39 is 0 Å². The lowest BCUT2D eigenvalue weighted by atomic mass is 10.00. The van der Waals surface area contributed by atoms with E-state index in [1.807, 2.05) is 40.6 Å². The molecule has 4 heterocycles. The largest absolute Gasteiger partial charge is 0.333 e. The summed E-state index contributed by atoms with van der Waals surface area (Å²) in [6, 6.07) is 20.4. The Morgan fingerprint density at radius 3 is 2.70 bits per heavy atom. The van der Waals surface area contributed by atoms with Gasteiger partial charge in [0.05, 0.1) is 11.4 Å². The summed E-state index contributed by atoms with van der Waals surface area (Å²) >= 11 is 3.07. The number of amides is 1. The number of rotatable bonds is 6. The van der Waals surface area contributed by atoms with E-state index in [0.717, 1.165) is 39.2 Å². The highest BCUT2D eigenvalue weighted by Gasteiger charge is 2.24. The molecule has 0 spiro atoms. The summed E-state index contributed by atoms with van der Waals surface area (Å²) in [6.07, 6.45) is 4.42. The molecule has 37 heavy (non-hydrogen) atoms. The molecule has 5 aromatic rings. The summed E-state index contributed by atoms with van der Waals surface area (Å²) in [5, 5.41) is 12.5. The van der Waals surface area contributed by atoms with Crippen LogP contribution in [0.5, 0.6) is 0 Å². The van der Waals surface area contributed by atoms with Crippen LogP contribution in [0.1, 0.15) is 32.2 Å². The highest BCUT2D eigenvalue weighted by Crippen LogP contribution is 2.31. The van der Waals surface area contributed by atoms with Crippen molar-refractivity contribution >= 4 is 29.0 Å². The summed E-state index contributed by atoms with van der Waals surface area (Å²) in [5.41, 5.74) is 6.10. The van der Waals surface area contributed by atoms with Crippen molar-refractivity contribution in [3.8, 4) is 17.1 Å². The second-order valence-corrected chi connectivity index (χ2v) is 10.7. The number of para-hydroxylation sites is 1. The molecule has 184 valence electrons. The maximum atomic E-state index is 13.2. The summed E-state index contributed by atoms with van der Waals surface area (Å²) in [6.45, 7) is 3.43. The molecular formula is C28H24N6OS2. The topological polar surface area (TPSA) is 76.8 Å². The first-order chi connectivity index (χ1) is 18.2. The minimum atomic E-state index is -0.0102. The van der Waals surface area contributed by atoms with Crippen molar-refractivity contribution < 1.29 is 4.79 Å². The van der Waals surface area contributed by atoms with Crippen LogP contribution >= 0.6 is 23.1 Å². The summed E-state index contributed by atoms with van der Waals surface area (Å²) in [7, 11) is 0. The number of pyridine rings is 1. The fourth-order valence-corrected chi connectivity index (χ4v) is 6.24. The Morgan fingerprint density at radius 2 is 1.86 bits per heavy atom. The van der Waals surface area contributed by atoms with Crippen LogP contribution in [-0.2, 0) is 18.7 Å². The van der Waals surface area contributed by atoms with Gasteiger partial charge in [-0.2, -0.15) is 0 Å². The van der Waals surface area contributed by atoms with Crippen molar-refractivity contribution in [2.75, 3.05) is 6.54 Å². The number of hydrogen-bond donors (Lipinski definition) is 0. The predicted octanol–water partition coefficient (Wildman–Crippen LogP) is 5.59. The normalized spacial score (nSPS) is 12.9. The summed E-state index contributed by atoms with van der Waals surface area (Å²) in [4.78, 5) is 24.0. The van der Waals surface area contributed by atoms with Crippen molar-refractivity contribution in [2.45, 2.75) is 30.8 Å². The molecule has 0 radical (unpaired) electrons. The molecular weight excluding hydrogens is 500 g/mol. The van der Waals surface area contributed by atoms with Gasteiger partial charge in [-0.25, -0.2) is 4.98 Å². The Hall–Kier alpha value is -3.82. The lowest BCUT2D eigenvalue weighted by Crippen LogP contribution is -2.36. The number of aryl methyl sites for hydroxylation is 1. The Balaban J connectivity index is 1.22. The van der Waals surface area contributed by atoms with Crippen LogP contribution in [0.2, 0.25) is 0 Å². The molecule has 0 N–H and O–H groups in total. The monoisotopic (exact) mass is 524 g/mol. The minimum absolute atomic E-state index is 0.0102. The lowest BCUT2D eigenvalue weighted by molar-refractivity contribution is 0.0729. The van der Waals surface area contributed by atoms with E-state index in [1.54, 1.807) is 24.2 Å². The molecule has 0 fully saturated rings. The SMILES string of the molecule is Cc1ccccc1-n1c(SCc2nc(C(=O)N3CCc4ccccc4C3)cs2)nnc1-c1cccnc1. The van der Waals surface area contributed by atoms with Gasteiger partial charge in [-0.15, -0.1) is 21.5 Å². The van der Waals surface area contributed by atoms with Gasteiger partial charge in [0.15, 0.2) is 11.0 Å². The number of benzene rings is 2. The van der Waals surface area contributed by atoms with E-state index in [1.165, 1.54) is 22.5 Å². The maximum absolute atomic E-state index is 13.2. The molecule has 0 saturated heterocycles. The van der Waals surface area contributed by atoms with E-state index in [9.17, 15) is 4.79 Å². The van der Waals surface area contributed by atoms with Gasteiger partial charge < -0.3 is 4.90 Å². The molecule has 0 atom stereocenters. The molecule has 0 aliphatic carbocycles. The van der Waals surface area contributed by atoms with E-state index in [0.29, 0.717) is 24.5 Å². The molecule has 0 unspecified atom stereocenters. The molecule has 9 heteroatoms. The van der Waals surface area contributed by atoms with Gasteiger partial charge in [0.25, 0.3) is 5.91 Å². The zero-order chi connectivity index (χ0) is 25.2. The number of carbonyl (C=O) groups excluding carboxylic acids is 1. The number of nitrogens with zero attached hydrogens (tertiary/aromatic N) is 6. The zero-order valence-electron chi connectivity index (χ0n) is 20.2. The van der Waals surface area contributed by atoms with Gasteiger partial charge in [-0.05, 0) is 48.2 Å². The van der Waals surface area contributed by atoms with Gasteiger partial charge in [0.1, 0.15) is 10.7 Å². The van der Waals surface area contributed by atoms with Gasteiger partial charge in [-0.3, -0.25) is 14.3 Å². The first-order valence-corrected chi connectivity index (χ1v) is 13.9. The van der Waals surface area contributed by atoms with Gasteiger partial charge in [0.2, 0.25) is 0 Å². The second-order valence-electron chi connectivity index (χ2n) is 8.83. The molecule has 1 aliphatic rings. The van der Waals surface area contributed by atoms with Crippen molar-refractivity contribution in [1.82, 2.24) is 29.6 Å². The van der Waals surface area contributed by atoms with Gasteiger partial charge >= 0.3 is 0 Å². The molecule has 1 aliphatic heterocycles. The summed E-state index contributed by atoms with van der Waals surface area (Å²) in [5.74, 6) is 1.33. The van der Waals surface area contributed by atoms with Crippen LogP contribution in [0.4, 0.5) is 0 Å². The molecule has 3 aromatic heterocycles. The number of hydrogen-bond acceptors (Lipinski definition) is 7. The Morgan fingerprint density at radius 1 is 1.03 bits per heavy atom. The first-order valence-electron chi connectivity index (χ1n) is 12.0. The third-order valence-corrected chi connectivity index (χ3v) is 8.39. The molecule has 7 nitrogen and oxygen atoms in total. The third-order valence-electron chi connectivity index (χ3n) is 6.42. The highest BCUT2D eigenvalue weighted by atomic mass is 32.2. The average molecular weight is 525 g/mol. The minimum Gasteiger partial charge on any atom is -0.333 e. The van der Waals surface area contributed by atoms with Crippen molar-refractivity contribution in [1.29, 1.82) is 0 Å². The van der Waals surface area contributed by atoms with Crippen molar-refractivity contribution in [3.63, 3.8) is 0 Å². The maximum Gasteiger partial charge on any atom is 0.273 e. The first kappa shape index (κ1) is 23.6. The van der Waals surface area contributed by atoms with E-state index in [2.05, 4.69) is 62.0 Å². The highest BCUT2D eigenvalue weighted by molar-refractivity contribution is 7.98. The van der Waals surface area contributed by atoms with Crippen LogP contribution in [0.3, 0.4) is 0 Å². The van der Waals surface area contributed by atoms with Crippen LogP contribution in [0.25, 0.3) is 17.1 Å². The predicted molar refractivity (Wildman–Crippen MR) is 146 cm³/mol. The number of thiazole rings is 1. The smallest absolute Gasteiger partial charge is 0.273 e.